The summed E-state index contributed by atoms with van der Waals surface area (Å²) in [6.07, 6.45) is -1.94. The first-order chi connectivity index (χ1) is 13.3. The van der Waals surface area contributed by atoms with Gasteiger partial charge in [0.2, 0.25) is 0 Å². The number of aliphatic carboxylic acids is 1. The zero-order valence-corrected chi connectivity index (χ0v) is 14.8. The summed E-state index contributed by atoms with van der Waals surface area (Å²) in [6.45, 7) is -0.243. The number of aromatic nitrogens is 1. The number of carboxylic acids is 1. The average molecular weight is 408 g/mol. The molecule has 2 aromatic carbocycles. The lowest BCUT2D eigenvalue weighted by molar-refractivity contribution is -0.142. The smallest absolute Gasteiger partial charge is 0.307 e. The summed E-state index contributed by atoms with van der Waals surface area (Å²) in [5, 5.41) is 9.24. The molecule has 0 spiro atoms. The Morgan fingerprint density at radius 3 is 2.79 bits per heavy atom. The molecule has 1 amide bonds. The number of hydrogen-bond donors (Lipinski definition) is 1. The van der Waals surface area contributed by atoms with Crippen molar-refractivity contribution in [1.82, 2.24) is 4.98 Å². The molecule has 3 aromatic rings. The van der Waals surface area contributed by atoms with Gasteiger partial charge in [0.15, 0.2) is 11.9 Å². The van der Waals surface area contributed by atoms with E-state index in [0.29, 0.717) is 0 Å². The van der Waals surface area contributed by atoms with Crippen LogP contribution in [0, 0.1) is 17.5 Å². The molecule has 10 heteroatoms. The molecular formula is C18H11F3N2O4S. The number of amides is 1. The normalized spacial score (nSPS) is 16.2. The van der Waals surface area contributed by atoms with Crippen molar-refractivity contribution in [3.8, 4) is 5.75 Å². The third-order valence-corrected chi connectivity index (χ3v) is 5.20. The standard InChI is InChI=1S/C18H11F3N2O4S/c19-8-4-10(21)17-11(5-8)22-14(28-17)7-23-16-9(20)2-1-3-12(16)27-13(18(23)26)6-15(24)25/h1-5,13H,6-7H2,(H,24,25). The van der Waals surface area contributed by atoms with Crippen LogP contribution in [0.3, 0.4) is 0 Å². The largest absolute Gasteiger partial charge is 0.481 e. The Balaban J connectivity index is 1.76. The molecule has 1 aromatic heterocycles. The topological polar surface area (TPSA) is 79.7 Å². The van der Waals surface area contributed by atoms with Gasteiger partial charge in [0.05, 0.1) is 23.2 Å². The lowest BCUT2D eigenvalue weighted by atomic mass is 10.1. The van der Waals surface area contributed by atoms with E-state index in [-0.39, 0.29) is 33.2 Å². The predicted octanol–water partition coefficient (Wildman–Crippen LogP) is 3.48. The Hall–Kier alpha value is -3.14. The van der Waals surface area contributed by atoms with Crippen molar-refractivity contribution in [2.45, 2.75) is 19.1 Å². The van der Waals surface area contributed by atoms with Crippen LogP contribution in [-0.2, 0) is 16.1 Å². The van der Waals surface area contributed by atoms with Gasteiger partial charge >= 0.3 is 5.97 Å². The highest BCUT2D eigenvalue weighted by Crippen LogP contribution is 2.38. The van der Waals surface area contributed by atoms with E-state index in [9.17, 15) is 22.8 Å². The van der Waals surface area contributed by atoms with Crippen LogP contribution in [0.5, 0.6) is 5.75 Å². The van der Waals surface area contributed by atoms with Gasteiger partial charge in [0.25, 0.3) is 5.91 Å². The van der Waals surface area contributed by atoms with Gasteiger partial charge in [-0.1, -0.05) is 6.07 Å². The van der Waals surface area contributed by atoms with E-state index >= 15 is 0 Å². The Labute approximate surface area is 159 Å². The average Bonchev–Trinajstić information content (AvgIpc) is 3.01. The predicted molar refractivity (Wildman–Crippen MR) is 93.8 cm³/mol. The fourth-order valence-corrected chi connectivity index (χ4v) is 3.93. The molecule has 144 valence electrons. The Bertz CT molecular complexity index is 1120. The minimum atomic E-state index is -1.34. The SMILES string of the molecule is O=C(O)CC1Oc2cccc(F)c2N(Cc2nc3cc(F)cc(F)c3s2)C1=O. The highest BCUT2D eigenvalue weighted by atomic mass is 32.1. The molecule has 1 atom stereocenters. The Morgan fingerprint density at radius 2 is 2.04 bits per heavy atom. The lowest BCUT2D eigenvalue weighted by Crippen LogP contribution is -2.46. The summed E-state index contributed by atoms with van der Waals surface area (Å²) >= 11 is 0.898. The van der Waals surface area contributed by atoms with E-state index in [2.05, 4.69) is 4.98 Å². The maximum absolute atomic E-state index is 14.4. The molecule has 0 fully saturated rings. The minimum absolute atomic E-state index is 0.0178. The first-order valence-electron chi connectivity index (χ1n) is 8.06. The maximum atomic E-state index is 14.4. The van der Waals surface area contributed by atoms with Crippen LogP contribution >= 0.6 is 11.3 Å². The van der Waals surface area contributed by atoms with Crippen LogP contribution in [0.15, 0.2) is 30.3 Å². The van der Waals surface area contributed by atoms with Crippen molar-refractivity contribution in [2.75, 3.05) is 4.90 Å². The quantitative estimate of drug-likeness (QED) is 0.715. The van der Waals surface area contributed by atoms with Crippen LogP contribution in [0.4, 0.5) is 18.9 Å². The first-order valence-corrected chi connectivity index (χ1v) is 8.88. The molecule has 0 aliphatic carbocycles. The van der Waals surface area contributed by atoms with Crippen LogP contribution in [0.25, 0.3) is 10.2 Å². The molecule has 6 nitrogen and oxygen atoms in total. The Morgan fingerprint density at radius 1 is 1.25 bits per heavy atom. The van der Waals surface area contributed by atoms with E-state index in [4.69, 9.17) is 9.84 Å². The third-order valence-electron chi connectivity index (χ3n) is 4.14. The molecule has 1 unspecified atom stereocenters. The molecule has 0 saturated heterocycles. The number of thiazole rings is 1. The van der Waals surface area contributed by atoms with Gasteiger partial charge in [-0.15, -0.1) is 11.3 Å². The summed E-state index contributed by atoms with van der Waals surface area (Å²) in [5.41, 5.74) is -0.0749. The summed E-state index contributed by atoms with van der Waals surface area (Å²) in [4.78, 5) is 28.9. The second kappa shape index (κ2) is 6.79. The van der Waals surface area contributed by atoms with E-state index in [0.717, 1.165) is 34.4 Å². The number of halogens is 3. The van der Waals surface area contributed by atoms with Gasteiger partial charge in [-0.25, -0.2) is 18.2 Å². The molecule has 1 N–H and O–H groups in total. The van der Waals surface area contributed by atoms with Crippen molar-refractivity contribution < 1.29 is 32.6 Å². The van der Waals surface area contributed by atoms with Crippen LogP contribution in [0.2, 0.25) is 0 Å². The lowest BCUT2D eigenvalue weighted by Gasteiger charge is -2.33. The van der Waals surface area contributed by atoms with Crippen LogP contribution in [-0.4, -0.2) is 28.1 Å². The van der Waals surface area contributed by atoms with Crippen molar-refractivity contribution in [3.63, 3.8) is 0 Å². The molecule has 0 bridgehead atoms. The monoisotopic (exact) mass is 408 g/mol. The zero-order valence-electron chi connectivity index (χ0n) is 14.0. The fraction of sp³-hybridized carbons (Fsp3) is 0.167. The fourth-order valence-electron chi connectivity index (χ4n) is 2.99. The highest BCUT2D eigenvalue weighted by molar-refractivity contribution is 7.18. The van der Waals surface area contributed by atoms with E-state index in [1.54, 1.807) is 0 Å². The molecule has 0 radical (unpaired) electrons. The number of fused-ring (bicyclic) bond motifs is 2. The molecular weight excluding hydrogens is 397 g/mol. The number of anilines is 1. The molecule has 1 aliphatic heterocycles. The number of rotatable bonds is 4. The number of carbonyl (C=O) groups excluding carboxylic acids is 1. The number of hydrogen-bond acceptors (Lipinski definition) is 5. The molecule has 0 saturated carbocycles. The summed E-state index contributed by atoms with van der Waals surface area (Å²) in [5.74, 6) is -4.31. The second-order valence-corrected chi connectivity index (χ2v) is 7.14. The number of nitrogens with zero attached hydrogens (tertiary/aromatic N) is 2. The maximum Gasteiger partial charge on any atom is 0.307 e. The van der Waals surface area contributed by atoms with Crippen LogP contribution < -0.4 is 9.64 Å². The van der Waals surface area contributed by atoms with Crippen molar-refractivity contribution in [2.24, 2.45) is 0 Å². The summed E-state index contributed by atoms with van der Waals surface area (Å²) in [6, 6.07) is 5.70. The van der Waals surface area contributed by atoms with Gasteiger partial charge in [-0.05, 0) is 12.1 Å². The molecule has 4 rings (SSSR count). The van der Waals surface area contributed by atoms with Crippen molar-refractivity contribution >= 4 is 39.1 Å². The first kappa shape index (κ1) is 18.2. The Kier molecular flexibility index (Phi) is 4.42. The van der Waals surface area contributed by atoms with Gasteiger partial charge in [-0.2, -0.15) is 0 Å². The molecule has 2 heterocycles. The number of ether oxygens (including phenoxy) is 1. The molecule has 28 heavy (non-hydrogen) atoms. The zero-order chi connectivity index (χ0) is 20.0. The number of benzene rings is 2. The van der Waals surface area contributed by atoms with E-state index in [1.807, 2.05) is 0 Å². The second-order valence-electron chi connectivity index (χ2n) is 6.06. The van der Waals surface area contributed by atoms with Gasteiger partial charge < -0.3 is 9.84 Å². The highest BCUT2D eigenvalue weighted by Gasteiger charge is 2.38. The van der Waals surface area contributed by atoms with Crippen molar-refractivity contribution in [1.29, 1.82) is 0 Å². The van der Waals surface area contributed by atoms with E-state index in [1.165, 1.54) is 12.1 Å². The van der Waals surface area contributed by atoms with E-state index < -0.39 is 41.9 Å². The van der Waals surface area contributed by atoms with Crippen molar-refractivity contribution in [3.05, 3.63) is 52.8 Å². The van der Waals surface area contributed by atoms with Gasteiger partial charge in [0, 0.05) is 12.1 Å². The minimum Gasteiger partial charge on any atom is -0.481 e. The number of carbonyl (C=O) groups is 2. The van der Waals surface area contributed by atoms with Gasteiger partial charge in [-0.3, -0.25) is 14.5 Å². The molecule has 1 aliphatic rings. The number of para-hydroxylation sites is 1. The summed E-state index contributed by atoms with van der Waals surface area (Å²) in [7, 11) is 0. The van der Waals surface area contributed by atoms with Gasteiger partial charge in [0.1, 0.15) is 28.1 Å². The number of carboxylic acid groups (broad SMARTS) is 1. The van der Waals surface area contributed by atoms with Crippen LogP contribution in [0.1, 0.15) is 11.4 Å². The third kappa shape index (κ3) is 3.15. The summed E-state index contributed by atoms with van der Waals surface area (Å²) < 4.78 is 47.2.